The number of carbonyl (C=O) groups is 1. The van der Waals surface area contributed by atoms with Gasteiger partial charge in [-0.2, -0.15) is 0 Å². The normalized spacial score (nSPS) is 14.6. The van der Waals surface area contributed by atoms with Crippen LogP contribution in [-0.4, -0.2) is 23.9 Å². The first-order chi connectivity index (χ1) is 5.84. The number of allylic oxidation sites excluding steroid dienone is 2. The van der Waals surface area contributed by atoms with Crippen molar-refractivity contribution in [3.8, 4) is 0 Å². The van der Waals surface area contributed by atoms with Crippen LogP contribution >= 0.6 is 0 Å². The molecule has 1 aliphatic rings. The minimum atomic E-state index is -0.416. The molecule has 0 unspecified atom stereocenters. The Hall–Kier alpha value is -1.58. The molecule has 0 bridgehead atoms. The quantitative estimate of drug-likeness (QED) is 0.592. The van der Waals surface area contributed by atoms with Gasteiger partial charge in [0.15, 0.2) is 0 Å². The third kappa shape index (κ3) is 2.23. The van der Waals surface area contributed by atoms with Crippen LogP contribution in [0.5, 0.6) is 0 Å². The molecule has 12 heavy (non-hydrogen) atoms. The lowest BCUT2D eigenvalue weighted by Crippen LogP contribution is -2.24. The highest BCUT2D eigenvalue weighted by Crippen LogP contribution is 1.96. The summed E-state index contributed by atoms with van der Waals surface area (Å²) in [5.41, 5.74) is 0. The van der Waals surface area contributed by atoms with E-state index in [1.807, 2.05) is 0 Å². The number of aliphatic imine (C=N–C) groups is 1. The number of ether oxygens (including phenoxy) is 1. The van der Waals surface area contributed by atoms with Gasteiger partial charge in [0.05, 0.1) is 6.61 Å². The fourth-order valence-electron chi connectivity index (χ4n) is 0.697. The number of carbonyl (C=O) groups excluding carboxylic acids is 1. The van der Waals surface area contributed by atoms with Gasteiger partial charge in [-0.1, -0.05) is 0 Å². The van der Waals surface area contributed by atoms with Crippen molar-refractivity contribution in [3.05, 3.63) is 24.6 Å². The van der Waals surface area contributed by atoms with Crippen molar-refractivity contribution in [2.24, 2.45) is 4.99 Å². The van der Waals surface area contributed by atoms with Gasteiger partial charge in [-0.05, 0) is 19.1 Å². The average molecular weight is 166 g/mol. The molecule has 0 saturated heterocycles. The van der Waals surface area contributed by atoms with Gasteiger partial charge < -0.3 is 4.74 Å². The Morgan fingerprint density at radius 2 is 2.42 bits per heavy atom. The molecule has 0 fully saturated rings. The van der Waals surface area contributed by atoms with E-state index in [0.29, 0.717) is 6.61 Å². The van der Waals surface area contributed by atoms with E-state index in [4.69, 9.17) is 4.74 Å². The third-order valence-corrected chi connectivity index (χ3v) is 1.20. The summed E-state index contributed by atoms with van der Waals surface area (Å²) >= 11 is 0. The van der Waals surface area contributed by atoms with Crippen LogP contribution in [0.2, 0.25) is 0 Å². The first-order valence-electron chi connectivity index (χ1n) is 3.66. The van der Waals surface area contributed by atoms with Crippen LogP contribution in [0.3, 0.4) is 0 Å². The maximum Gasteiger partial charge on any atom is 0.419 e. The first kappa shape index (κ1) is 8.52. The van der Waals surface area contributed by atoms with Crippen LogP contribution < -0.4 is 0 Å². The second kappa shape index (κ2) is 4.33. The van der Waals surface area contributed by atoms with Crippen molar-refractivity contribution in [1.82, 2.24) is 4.90 Å². The summed E-state index contributed by atoms with van der Waals surface area (Å²) in [5.74, 6) is 0. The summed E-state index contributed by atoms with van der Waals surface area (Å²) in [6.07, 6.45) is 7.61. The number of hydrogen-bond donors (Lipinski definition) is 0. The van der Waals surface area contributed by atoms with Gasteiger partial charge in [0, 0.05) is 12.4 Å². The van der Waals surface area contributed by atoms with Gasteiger partial charge in [-0.3, -0.25) is 0 Å². The molecule has 64 valence electrons. The van der Waals surface area contributed by atoms with Crippen LogP contribution in [0.4, 0.5) is 4.79 Å². The Labute approximate surface area is 70.8 Å². The molecular weight excluding hydrogens is 156 g/mol. The van der Waals surface area contributed by atoms with Crippen molar-refractivity contribution in [2.45, 2.75) is 6.92 Å². The van der Waals surface area contributed by atoms with Gasteiger partial charge in [0.25, 0.3) is 0 Å². The minimum Gasteiger partial charge on any atom is -0.449 e. The minimum absolute atomic E-state index is 0.366. The molecule has 1 amide bonds. The molecule has 0 aromatic rings. The fraction of sp³-hybridized carbons (Fsp3) is 0.250. The molecule has 4 nitrogen and oxygen atoms in total. The van der Waals surface area contributed by atoms with Gasteiger partial charge in [-0.15, -0.1) is 0 Å². The van der Waals surface area contributed by atoms with E-state index in [2.05, 4.69) is 4.99 Å². The Bertz CT molecular complexity index is 227. The van der Waals surface area contributed by atoms with Gasteiger partial charge in [0.2, 0.25) is 0 Å². The number of rotatable bonds is 1. The predicted molar refractivity (Wildman–Crippen MR) is 45.6 cm³/mol. The second-order valence-electron chi connectivity index (χ2n) is 2.05. The molecule has 0 saturated carbocycles. The van der Waals surface area contributed by atoms with Crippen molar-refractivity contribution < 1.29 is 9.53 Å². The van der Waals surface area contributed by atoms with E-state index in [9.17, 15) is 4.79 Å². The first-order valence-corrected chi connectivity index (χ1v) is 3.66. The molecule has 0 atom stereocenters. The SMILES string of the molecule is CCOC(=O)N1C=CC=CN=C1. The summed E-state index contributed by atoms with van der Waals surface area (Å²) < 4.78 is 4.75. The lowest BCUT2D eigenvalue weighted by atomic mass is 10.6. The van der Waals surface area contributed by atoms with E-state index in [1.54, 1.807) is 31.5 Å². The molecule has 0 spiro atoms. The molecule has 4 heteroatoms. The van der Waals surface area contributed by atoms with Crippen LogP contribution in [0.1, 0.15) is 6.92 Å². The molecule has 0 radical (unpaired) electrons. The fourth-order valence-corrected chi connectivity index (χ4v) is 0.697. The molecule has 0 aromatic carbocycles. The van der Waals surface area contributed by atoms with Gasteiger partial charge in [0.1, 0.15) is 6.34 Å². The Morgan fingerprint density at radius 1 is 1.58 bits per heavy atom. The van der Waals surface area contributed by atoms with E-state index in [0.717, 1.165) is 0 Å². The highest BCUT2D eigenvalue weighted by atomic mass is 16.6. The van der Waals surface area contributed by atoms with E-state index >= 15 is 0 Å². The number of amides is 1. The van der Waals surface area contributed by atoms with E-state index in [1.165, 1.54) is 11.2 Å². The average Bonchev–Trinajstić information content (AvgIpc) is 2.32. The zero-order valence-corrected chi connectivity index (χ0v) is 6.80. The smallest absolute Gasteiger partial charge is 0.419 e. The number of nitrogens with zero attached hydrogens (tertiary/aromatic N) is 2. The zero-order valence-electron chi connectivity index (χ0n) is 6.80. The van der Waals surface area contributed by atoms with Crippen molar-refractivity contribution >= 4 is 12.4 Å². The summed E-state index contributed by atoms with van der Waals surface area (Å²) in [6, 6.07) is 0. The zero-order chi connectivity index (χ0) is 8.81. The van der Waals surface area contributed by atoms with Crippen LogP contribution in [0, 0.1) is 0 Å². The van der Waals surface area contributed by atoms with Crippen LogP contribution in [0.25, 0.3) is 0 Å². The maximum atomic E-state index is 11.1. The second-order valence-corrected chi connectivity index (χ2v) is 2.05. The van der Waals surface area contributed by atoms with Crippen molar-refractivity contribution in [2.75, 3.05) is 6.61 Å². The Balaban J connectivity index is 2.57. The van der Waals surface area contributed by atoms with Crippen LogP contribution in [0.15, 0.2) is 29.5 Å². The molecule has 1 rings (SSSR count). The van der Waals surface area contributed by atoms with Gasteiger partial charge in [-0.25, -0.2) is 14.7 Å². The maximum absolute atomic E-state index is 11.1. The summed E-state index contributed by atoms with van der Waals surface area (Å²) in [7, 11) is 0. The molecule has 1 aliphatic heterocycles. The van der Waals surface area contributed by atoms with E-state index < -0.39 is 6.09 Å². The summed E-state index contributed by atoms with van der Waals surface area (Å²) in [4.78, 5) is 16.2. The molecular formula is C8H10N2O2. The lowest BCUT2D eigenvalue weighted by molar-refractivity contribution is 0.138. The van der Waals surface area contributed by atoms with Gasteiger partial charge >= 0.3 is 6.09 Å². The molecule has 1 heterocycles. The number of hydrogen-bond acceptors (Lipinski definition) is 3. The van der Waals surface area contributed by atoms with E-state index in [-0.39, 0.29) is 0 Å². The summed E-state index contributed by atoms with van der Waals surface area (Å²) in [5, 5.41) is 0. The molecule has 0 aromatic heterocycles. The van der Waals surface area contributed by atoms with Crippen molar-refractivity contribution in [3.63, 3.8) is 0 Å². The van der Waals surface area contributed by atoms with Crippen LogP contribution in [-0.2, 0) is 4.74 Å². The predicted octanol–water partition coefficient (Wildman–Crippen LogP) is 1.51. The summed E-state index contributed by atoms with van der Waals surface area (Å²) in [6.45, 7) is 2.12. The standard InChI is InChI=1S/C8H10N2O2/c1-2-12-8(11)10-6-4-3-5-9-7-10/h3-7H,2H2,1H3. The monoisotopic (exact) mass is 166 g/mol. The largest absolute Gasteiger partial charge is 0.449 e. The highest BCUT2D eigenvalue weighted by molar-refractivity contribution is 5.84. The highest BCUT2D eigenvalue weighted by Gasteiger charge is 2.08. The Morgan fingerprint density at radius 3 is 3.17 bits per heavy atom. The topological polar surface area (TPSA) is 41.9 Å². The molecule has 0 N–H and O–H groups in total. The third-order valence-electron chi connectivity index (χ3n) is 1.20. The molecule has 0 aliphatic carbocycles. The van der Waals surface area contributed by atoms with Crippen molar-refractivity contribution in [1.29, 1.82) is 0 Å². The lowest BCUT2D eigenvalue weighted by Gasteiger charge is -2.09. The Kier molecular flexibility index (Phi) is 3.07.